The number of methoxy groups -OCH3 is 1. The Balaban J connectivity index is 2.45. The van der Waals surface area contributed by atoms with E-state index < -0.39 is 0 Å². The Hall–Kier alpha value is -1.26. The van der Waals surface area contributed by atoms with Gasteiger partial charge in [0.05, 0.1) is 6.61 Å². The molecule has 0 aliphatic heterocycles. The summed E-state index contributed by atoms with van der Waals surface area (Å²) in [5, 5.41) is 2.80. The molecule has 18 heavy (non-hydrogen) atoms. The molecule has 5 heteroatoms. The van der Waals surface area contributed by atoms with Crippen LogP contribution in [0.4, 0.5) is 5.69 Å². The third-order valence-electron chi connectivity index (χ3n) is 2.21. The van der Waals surface area contributed by atoms with Crippen molar-refractivity contribution in [3.63, 3.8) is 0 Å². The molecule has 0 fully saturated rings. The second kappa shape index (κ2) is 8.78. The predicted octanol–water partition coefficient (Wildman–Crippen LogP) is 2.67. The molecule has 0 heterocycles. The van der Waals surface area contributed by atoms with Crippen LogP contribution in [0.15, 0.2) is 24.3 Å². The van der Waals surface area contributed by atoms with E-state index in [4.69, 9.17) is 21.1 Å². The molecule has 0 unspecified atom stereocenters. The molecule has 1 rings (SSSR count). The normalized spacial score (nSPS) is 10.1. The molecule has 0 radical (unpaired) electrons. The highest BCUT2D eigenvalue weighted by atomic mass is 35.5. The standard InChI is InChI=1S/C13H18ClNO3/c1-17-8-9-18-12-5-2-4-11(10-12)15-13(16)6-3-7-14/h2,4-5,10H,3,6-9H2,1H3,(H,15,16). The average molecular weight is 272 g/mol. The second-order valence-corrected chi connectivity index (χ2v) is 4.09. The summed E-state index contributed by atoms with van der Waals surface area (Å²) in [5.41, 5.74) is 0.726. The van der Waals surface area contributed by atoms with Crippen LogP contribution in [0.1, 0.15) is 12.8 Å². The van der Waals surface area contributed by atoms with E-state index in [1.54, 1.807) is 13.2 Å². The van der Waals surface area contributed by atoms with E-state index in [9.17, 15) is 4.79 Å². The molecule has 0 aliphatic rings. The molecular weight excluding hydrogens is 254 g/mol. The van der Waals surface area contributed by atoms with E-state index in [2.05, 4.69) is 5.32 Å². The number of nitrogens with one attached hydrogen (secondary N) is 1. The number of carbonyl (C=O) groups excluding carboxylic acids is 1. The molecule has 0 atom stereocenters. The fraction of sp³-hybridized carbons (Fsp3) is 0.462. The Morgan fingerprint density at radius 1 is 1.39 bits per heavy atom. The van der Waals surface area contributed by atoms with E-state index in [1.165, 1.54) is 0 Å². The Morgan fingerprint density at radius 2 is 2.22 bits per heavy atom. The molecule has 100 valence electrons. The molecule has 0 saturated carbocycles. The highest BCUT2D eigenvalue weighted by Gasteiger charge is 2.02. The van der Waals surface area contributed by atoms with Crippen LogP contribution in [0.5, 0.6) is 5.75 Å². The van der Waals surface area contributed by atoms with Crippen LogP contribution in [0.2, 0.25) is 0 Å². The number of carbonyl (C=O) groups is 1. The third kappa shape index (κ3) is 5.89. The van der Waals surface area contributed by atoms with Crippen molar-refractivity contribution in [2.24, 2.45) is 0 Å². The van der Waals surface area contributed by atoms with Gasteiger partial charge in [0.1, 0.15) is 12.4 Å². The number of rotatable bonds is 8. The fourth-order valence-corrected chi connectivity index (χ4v) is 1.49. The topological polar surface area (TPSA) is 47.6 Å². The lowest BCUT2D eigenvalue weighted by atomic mass is 10.2. The molecule has 0 saturated heterocycles. The molecule has 1 N–H and O–H groups in total. The maximum absolute atomic E-state index is 11.5. The summed E-state index contributed by atoms with van der Waals surface area (Å²) in [6.07, 6.45) is 1.11. The van der Waals surface area contributed by atoms with Gasteiger partial charge in [0.2, 0.25) is 5.91 Å². The molecule has 0 spiro atoms. The lowest BCUT2D eigenvalue weighted by molar-refractivity contribution is -0.116. The van der Waals surface area contributed by atoms with Crippen LogP contribution in [0.3, 0.4) is 0 Å². The average Bonchev–Trinajstić information content (AvgIpc) is 2.37. The Kier molecular flexibility index (Phi) is 7.22. The van der Waals surface area contributed by atoms with Crippen molar-refractivity contribution in [2.45, 2.75) is 12.8 Å². The molecule has 1 aromatic carbocycles. The molecule has 1 aromatic rings. The summed E-state index contributed by atoms with van der Waals surface area (Å²) in [7, 11) is 1.62. The number of benzene rings is 1. The van der Waals surface area contributed by atoms with Gasteiger partial charge in [-0.05, 0) is 18.6 Å². The number of hydrogen-bond donors (Lipinski definition) is 1. The van der Waals surface area contributed by atoms with Crippen molar-refractivity contribution in [3.8, 4) is 5.75 Å². The maximum atomic E-state index is 11.5. The molecular formula is C13H18ClNO3. The van der Waals surface area contributed by atoms with Gasteiger partial charge in [-0.1, -0.05) is 6.07 Å². The Morgan fingerprint density at radius 3 is 2.94 bits per heavy atom. The number of halogens is 1. The second-order valence-electron chi connectivity index (χ2n) is 3.71. The van der Waals surface area contributed by atoms with E-state index in [0.717, 1.165) is 5.69 Å². The van der Waals surface area contributed by atoms with Crippen molar-refractivity contribution in [1.29, 1.82) is 0 Å². The zero-order valence-corrected chi connectivity index (χ0v) is 11.2. The van der Waals surface area contributed by atoms with Gasteiger partial charge < -0.3 is 14.8 Å². The molecule has 0 aromatic heterocycles. The van der Waals surface area contributed by atoms with Gasteiger partial charge in [-0.15, -0.1) is 11.6 Å². The first-order valence-corrected chi connectivity index (χ1v) is 6.37. The van der Waals surface area contributed by atoms with E-state index in [-0.39, 0.29) is 5.91 Å². The lowest BCUT2D eigenvalue weighted by Crippen LogP contribution is -2.11. The number of alkyl halides is 1. The number of hydrogen-bond acceptors (Lipinski definition) is 3. The highest BCUT2D eigenvalue weighted by molar-refractivity contribution is 6.18. The number of anilines is 1. The van der Waals surface area contributed by atoms with Gasteiger partial charge in [-0.3, -0.25) is 4.79 Å². The maximum Gasteiger partial charge on any atom is 0.224 e. The van der Waals surface area contributed by atoms with Crippen LogP contribution in [-0.4, -0.2) is 32.1 Å². The molecule has 0 bridgehead atoms. The highest BCUT2D eigenvalue weighted by Crippen LogP contribution is 2.17. The zero-order chi connectivity index (χ0) is 13.2. The number of ether oxygens (including phenoxy) is 2. The van der Waals surface area contributed by atoms with E-state index in [1.807, 2.05) is 18.2 Å². The van der Waals surface area contributed by atoms with Crippen LogP contribution >= 0.6 is 11.6 Å². The van der Waals surface area contributed by atoms with Crippen LogP contribution in [0.25, 0.3) is 0 Å². The summed E-state index contributed by atoms with van der Waals surface area (Å²) in [5.74, 6) is 1.17. The summed E-state index contributed by atoms with van der Waals surface area (Å²) in [6.45, 7) is 1.02. The van der Waals surface area contributed by atoms with Gasteiger partial charge >= 0.3 is 0 Å². The largest absolute Gasteiger partial charge is 0.491 e. The summed E-state index contributed by atoms with van der Waals surface area (Å²) < 4.78 is 10.3. The molecule has 0 aliphatic carbocycles. The van der Waals surface area contributed by atoms with Crippen molar-refractivity contribution < 1.29 is 14.3 Å². The van der Waals surface area contributed by atoms with Gasteiger partial charge in [0, 0.05) is 31.2 Å². The summed E-state index contributed by atoms with van der Waals surface area (Å²) in [6, 6.07) is 7.28. The van der Waals surface area contributed by atoms with Crippen molar-refractivity contribution in [1.82, 2.24) is 0 Å². The summed E-state index contributed by atoms with van der Waals surface area (Å²) in [4.78, 5) is 11.5. The van der Waals surface area contributed by atoms with Gasteiger partial charge in [-0.25, -0.2) is 0 Å². The van der Waals surface area contributed by atoms with Crippen LogP contribution < -0.4 is 10.1 Å². The zero-order valence-electron chi connectivity index (χ0n) is 10.4. The van der Waals surface area contributed by atoms with Gasteiger partial charge in [0.15, 0.2) is 0 Å². The third-order valence-corrected chi connectivity index (χ3v) is 2.48. The van der Waals surface area contributed by atoms with E-state index in [0.29, 0.717) is 37.7 Å². The number of amides is 1. The van der Waals surface area contributed by atoms with E-state index >= 15 is 0 Å². The lowest BCUT2D eigenvalue weighted by Gasteiger charge is -2.08. The minimum absolute atomic E-state index is 0.0373. The molecule has 4 nitrogen and oxygen atoms in total. The first-order chi connectivity index (χ1) is 8.76. The quantitative estimate of drug-likeness (QED) is 0.584. The van der Waals surface area contributed by atoms with Crippen molar-refractivity contribution in [3.05, 3.63) is 24.3 Å². The van der Waals surface area contributed by atoms with Crippen molar-refractivity contribution in [2.75, 3.05) is 31.5 Å². The van der Waals surface area contributed by atoms with Gasteiger partial charge in [-0.2, -0.15) is 0 Å². The van der Waals surface area contributed by atoms with Crippen molar-refractivity contribution >= 4 is 23.2 Å². The van der Waals surface area contributed by atoms with Gasteiger partial charge in [0.25, 0.3) is 0 Å². The fourth-order valence-electron chi connectivity index (χ4n) is 1.36. The monoisotopic (exact) mass is 271 g/mol. The van der Waals surface area contributed by atoms with Crippen LogP contribution in [-0.2, 0) is 9.53 Å². The summed E-state index contributed by atoms with van der Waals surface area (Å²) >= 11 is 5.53. The smallest absolute Gasteiger partial charge is 0.224 e. The SMILES string of the molecule is COCCOc1cccc(NC(=O)CCCCl)c1. The Labute approximate surface area is 112 Å². The predicted molar refractivity (Wildman–Crippen MR) is 72.4 cm³/mol. The minimum atomic E-state index is -0.0373. The first-order valence-electron chi connectivity index (χ1n) is 5.84. The Bertz CT molecular complexity index is 371. The first kappa shape index (κ1) is 14.8. The minimum Gasteiger partial charge on any atom is -0.491 e. The molecule has 1 amide bonds. The van der Waals surface area contributed by atoms with Crippen LogP contribution in [0, 0.1) is 0 Å².